The smallest absolute Gasteiger partial charge is 0.255 e. The highest BCUT2D eigenvalue weighted by molar-refractivity contribution is 14.0. The van der Waals surface area contributed by atoms with Gasteiger partial charge in [-0.25, -0.2) is 8.78 Å². The van der Waals surface area contributed by atoms with Gasteiger partial charge >= 0.3 is 0 Å². The zero-order valence-electron chi connectivity index (χ0n) is 18.5. The number of halogens is 3. The molecule has 180 valence electrons. The highest BCUT2D eigenvalue weighted by Crippen LogP contribution is 2.18. The minimum atomic E-state index is -0.530. The number of rotatable bonds is 8. The monoisotopic (exact) mass is 573 g/mol. The topological polar surface area (TPSA) is 92.0 Å². The summed E-state index contributed by atoms with van der Waals surface area (Å²) in [6.07, 6.45) is 1.86. The molecular formula is C23H30F2IN5O2. The van der Waals surface area contributed by atoms with E-state index in [0.717, 1.165) is 24.9 Å². The lowest BCUT2D eigenvalue weighted by Crippen LogP contribution is -2.50. The van der Waals surface area contributed by atoms with Crippen LogP contribution in [0.5, 0.6) is 5.75 Å². The van der Waals surface area contributed by atoms with Crippen molar-refractivity contribution >= 4 is 35.8 Å². The maximum Gasteiger partial charge on any atom is 0.255 e. The number of guanidine groups is 1. The van der Waals surface area contributed by atoms with Crippen LogP contribution in [-0.4, -0.2) is 49.6 Å². The van der Waals surface area contributed by atoms with Crippen LogP contribution >= 0.6 is 24.0 Å². The van der Waals surface area contributed by atoms with Crippen LogP contribution in [0.4, 0.5) is 8.78 Å². The number of hydrogen-bond donors (Lipinski definition) is 3. The molecule has 7 nitrogen and oxygen atoms in total. The third-order valence-corrected chi connectivity index (χ3v) is 5.25. The predicted octanol–water partition coefficient (Wildman–Crippen LogP) is 2.78. The lowest BCUT2D eigenvalue weighted by atomic mass is 10.0. The Labute approximate surface area is 209 Å². The standard InChI is InChI=1S/C23H29F2N5O2.HI/c1-27-23(28-12-16-5-2-7-18(11-16)32-15-22(26)31)29-17-6-4-10-30(13-17)14-19-20(24)8-3-9-21(19)25;/h2-3,5,7-9,11,17H,4,6,10,12-15H2,1H3,(H2,26,31)(H2,27,28,29);1H. The van der Waals surface area contributed by atoms with Crippen LogP contribution in [0.2, 0.25) is 0 Å². The number of amides is 1. The maximum absolute atomic E-state index is 14.0. The molecule has 2 aromatic carbocycles. The summed E-state index contributed by atoms with van der Waals surface area (Å²) in [4.78, 5) is 17.2. The number of primary amides is 1. The van der Waals surface area contributed by atoms with E-state index in [4.69, 9.17) is 10.5 Å². The van der Waals surface area contributed by atoms with E-state index < -0.39 is 17.5 Å². The van der Waals surface area contributed by atoms with Gasteiger partial charge < -0.3 is 21.1 Å². The third kappa shape index (κ3) is 8.43. The fourth-order valence-electron chi connectivity index (χ4n) is 3.70. The minimum Gasteiger partial charge on any atom is -0.484 e. The van der Waals surface area contributed by atoms with Crippen molar-refractivity contribution in [3.8, 4) is 5.75 Å². The number of benzene rings is 2. The molecule has 0 saturated carbocycles. The molecule has 1 aliphatic heterocycles. The highest BCUT2D eigenvalue weighted by Gasteiger charge is 2.22. The molecule has 0 aromatic heterocycles. The van der Waals surface area contributed by atoms with Gasteiger partial charge in [-0.15, -0.1) is 24.0 Å². The molecule has 1 saturated heterocycles. The molecule has 3 rings (SSSR count). The molecule has 0 radical (unpaired) electrons. The summed E-state index contributed by atoms with van der Waals surface area (Å²) in [6.45, 7) is 2.02. The zero-order valence-corrected chi connectivity index (χ0v) is 20.9. The maximum atomic E-state index is 14.0. The van der Waals surface area contributed by atoms with Gasteiger partial charge in [-0.3, -0.25) is 14.7 Å². The van der Waals surface area contributed by atoms with E-state index in [-0.39, 0.29) is 48.7 Å². The Hall–Kier alpha value is -2.47. The fourth-order valence-corrected chi connectivity index (χ4v) is 3.70. The molecule has 4 N–H and O–H groups in total. The van der Waals surface area contributed by atoms with Crippen LogP contribution in [0.25, 0.3) is 0 Å². The number of nitrogens with two attached hydrogens (primary N) is 1. The normalized spacial score (nSPS) is 16.6. The molecule has 1 atom stereocenters. The second-order valence-corrected chi connectivity index (χ2v) is 7.75. The number of nitrogens with one attached hydrogen (secondary N) is 2. The van der Waals surface area contributed by atoms with Crippen LogP contribution in [0, 0.1) is 11.6 Å². The number of nitrogens with zero attached hydrogens (tertiary/aromatic N) is 2. The molecule has 0 aliphatic carbocycles. The van der Waals surface area contributed by atoms with Crippen molar-refractivity contribution in [3.05, 3.63) is 65.2 Å². The van der Waals surface area contributed by atoms with Gasteiger partial charge in [-0.05, 0) is 49.2 Å². The molecule has 33 heavy (non-hydrogen) atoms. The van der Waals surface area contributed by atoms with Crippen LogP contribution in [0.1, 0.15) is 24.0 Å². The molecule has 1 amide bonds. The van der Waals surface area contributed by atoms with E-state index in [1.807, 2.05) is 18.2 Å². The summed E-state index contributed by atoms with van der Waals surface area (Å²) < 4.78 is 33.3. The molecule has 1 unspecified atom stereocenters. The molecule has 1 heterocycles. The van der Waals surface area contributed by atoms with E-state index in [1.54, 1.807) is 13.1 Å². The van der Waals surface area contributed by atoms with Gasteiger partial charge in [0, 0.05) is 38.3 Å². The van der Waals surface area contributed by atoms with Crippen molar-refractivity contribution in [1.82, 2.24) is 15.5 Å². The third-order valence-electron chi connectivity index (χ3n) is 5.25. The number of carbonyl (C=O) groups excluding carboxylic acids is 1. The average Bonchev–Trinajstić information content (AvgIpc) is 2.78. The Balaban J connectivity index is 0.00000385. The van der Waals surface area contributed by atoms with Gasteiger partial charge in [-0.2, -0.15) is 0 Å². The van der Waals surface area contributed by atoms with Crippen LogP contribution in [0.15, 0.2) is 47.5 Å². The van der Waals surface area contributed by atoms with Crippen molar-refractivity contribution in [2.45, 2.75) is 32.0 Å². The minimum absolute atomic E-state index is 0. The summed E-state index contributed by atoms with van der Waals surface area (Å²) >= 11 is 0. The highest BCUT2D eigenvalue weighted by atomic mass is 127. The van der Waals surface area contributed by atoms with E-state index in [0.29, 0.717) is 24.8 Å². The summed E-state index contributed by atoms with van der Waals surface area (Å²) in [5.41, 5.74) is 6.17. The van der Waals surface area contributed by atoms with E-state index >= 15 is 0 Å². The molecule has 0 spiro atoms. The van der Waals surface area contributed by atoms with E-state index in [9.17, 15) is 13.6 Å². The Kier molecular flexibility index (Phi) is 10.8. The van der Waals surface area contributed by atoms with Crippen molar-refractivity contribution in [1.29, 1.82) is 0 Å². The predicted molar refractivity (Wildman–Crippen MR) is 135 cm³/mol. The first-order chi connectivity index (χ1) is 15.4. The lowest BCUT2D eigenvalue weighted by Gasteiger charge is -2.34. The van der Waals surface area contributed by atoms with E-state index in [2.05, 4.69) is 20.5 Å². The van der Waals surface area contributed by atoms with Gasteiger partial charge in [0.2, 0.25) is 0 Å². The first-order valence-electron chi connectivity index (χ1n) is 10.6. The molecule has 10 heteroatoms. The first-order valence-corrected chi connectivity index (χ1v) is 10.6. The lowest BCUT2D eigenvalue weighted by molar-refractivity contribution is -0.119. The average molecular weight is 573 g/mol. The van der Waals surface area contributed by atoms with Crippen molar-refractivity contribution < 1.29 is 18.3 Å². The Morgan fingerprint density at radius 2 is 1.97 bits per heavy atom. The molecular weight excluding hydrogens is 543 g/mol. The number of likely N-dealkylation sites (tertiary alicyclic amines) is 1. The number of ether oxygens (including phenoxy) is 1. The van der Waals surface area contributed by atoms with Crippen LogP contribution < -0.4 is 21.1 Å². The summed E-state index contributed by atoms with van der Waals surface area (Å²) in [6, 6.07) is 11.4. The number of carbonyl (C=O) groups is 1. The summed E-state index contributed by atoms with van der Waals surface area (Å²) in [5.74, 6) is -0.358. The van der Waals surface area contributed by atoms with E-state index in [1.165, 1.54) is 18.2 Å². The van der Waals surface area contributed by atoms with Crippen LogP contribution in [-0.2, 0) is 17.9 Å². The van der Waals surface area contributed by atoms with Crippen molar-refractivity contribution in [2.24, 2.45) is 10.7 Å². The Bertz CT molecular complexity index is 940. The number of hydrogen-bond acceptors (Lipinski definition) is 4. The van der Waals surface area contributed by atoms with Gasteiger partial charge in [0.25, 0.3) is 5.91 Å². The van der Waals surface area contributed by atoms with Gasteiger partial charge in [0.1, 0.15) is 17.4 Å². The Morgan fingerprint density at radius 1 is 1.24 bits per heavy atom. The summed E-state index contributed by atoms with van der Waals surface area (Å²) in [5, 5.41) is 6.65. The SMILES string of the molecule is CN=C(NCc1cccc(OCC(N)=O)c1)NC1CCCN(Cc2c(F)cccc2F)C1.I. The molecule has 2 aromatic rings. The van der Waals surface area contributed by atoms with Gasteiger partial charge in [0.05, 0.1) is 0 Å². The number of piperidine rings is 1. The summed E-state index contributed by atoms with van der Waals surface area (Å²) in [7, 11) is 1.69. The second-order valence-electron chi connectivity index (χ2n) is 7.75. The van der Waals surface area contributed by atoms with Crippen molar-refractivity contribution in [3.63, 3.8) is 0 Å². The molecule has 1 fully saturated rings. The van der Waals surface area contributed by atoms with Gasteiger partial charge in [0.15, 0.2) is 12.6 Å². The largest absolute Gasteiger partial charge is 0.484 e. The zero-order chi connectivity index (χ0) is 22.9. The molecule has 0 bridgehead atoms. The first kappa shape index (κ1) is 26.8. The second kappa shape index (κ2) is 13.3. The number of aliphatic imine (C=N–C) groups is 1. The van der Waals surface area contributed by atoms with Crippen LogP contribution in [0.3, 0.4) is 0 Å². The van der Waals surface area contributed by atoms with Gasteiger partial charge in [-0.1, -0.05) is 18.2 Å². The van der Waals surface area contributed by atoms with Crippen molar-refractivity contribution in [2.75, 3.05) is 26.7 Å². The molecule has 1 aliphatic rings. The Morgan fingerprint density at radius 3 is 2.67 bits per heavy atom. The quantitative estimate of drug-likeness (QED) is 0.257. The fraction of sp³-hybridized carbons (Fsp3) is 0.391.